The van der Waals surface area contributed by atoms with Crippen molar-refractivity contribution in [1.82, 2.24) is 10.2 Å². The normalized spacial score (nSPS) is 15.0. The number of anilines is 1. The topological polar surface area (TPSA) is 113 Å². The second kappa shape index (κ2) is 9.67. The van der Waals surface area contributed by atoms with E-state index < -0.39 is 5.25 Å². The second-order valence-corrected chi connectivity index (χ2v) is 10.2. The van der Waals surface area contributed by atoms with E-state index in [0.717, 1.165) is 47.9 Å². The third kappa shape index (κ3) is 4.49. The number of nitrogens with one attached hydrogen (secondary N) is 1. The molecule has 3 heterocycles. The molecule has 9 nitrogen and oxygen atoms in total. The molecule has 1 N–H and O–H groups in total. The Balaban J connectivity index is 1.28. The van der Waals surface area contributed by atoms with E-state index in [1.54, 1.807) is 32.0 Å². The number of thiophene rings is 1. The van der Waals surface area contributed by atoms with Crippen LogP contribution in [0, 0.1) is 0 Å². The molecule has 0 saturated carbocycles. The number of hydrogen-bond acceptors (Lipinski definition) is 10. The maximum atomic E-state index is 13.0. The zero-order valence-corrected chi connectivity index (χ0v) is 20.3. The number of carbonyl (C=O) groups is 2. The lowest BCUT2D eigenvalue weighted by Crippen LogP contribution is -2.23. The summed E-state index contributed by atoms with van der Waals surface area (Å²) in [6.07, 6.45) is 3.85. The fourth-order valence-electron chi connectivity index (χ4n) is 3.90. The lowest BCUT2D eigenvalue weighted by Gasteiger charge is -2.13. The van der Waals surface area contributed by atoms with Crippen molar-refractivity contribution in [1.29, 1.82) is 0 Å². The van der Waals surface area contributed by atoms with E-state index in [4.69, 9.17) is 18.6 Å². The summed E-state index contributed by atoms with van der Waals surface area (Å²) >= 11 is 2.62. The van der Waals surface area contributed by atoms with Crippen molar-refractivity contribution < 1.29 is 28.2 Å². The number of nitrogens with zero attached hydrogens (tertiary/aromatic N) is 2. The molecule has 1 aliphatic heterocycles. The lowest BCUT2D eigenvalue weighted by molar-refractivity contribution is -0.115. The van der Waals surface area contributed by atoms with Crippen molar-refractivity contribution in [3.8, 4) is 23.0 Å². The van der Waals surface area contributed by atoms with Gasteiger partial charge in [-0.1, -0.05) is 11.8 Å². The van der Waals surface area contributed by atoms with E-state index in [1.807, 2.05) is 0 Å². The van der Waals surface area contributed by atoms with E-state index >= 15 is 0 Å². The molecule has 2 aliphatic rings. The lowest BCUT2D eigenvalue weighted by atomic mass is 9.95. The maximum absolute atomic E-state index is 13.0. The van der Waals surface area contributed by atoms with Gasteiger partial charge in [0.25, 0.3) is 5.22 Å². The first-order chi connectivity index (χ1) is 16.5. The summed E-state index contributed by atoms with van der Waals surface area (Å²) in [5.74, 6) is 0.970. The molecule has 5 rings (SSSR count). The number of carbonyl (C=O) groups excluding carboxylic acids is 2. The molecule has 2 aromatic heterocycles. The van der Waals surface area contributed by atoms with Crippen LogP contribution in [0.1, 0.15) is 47.5 Å². The number of amides is 1. The van der Waals surface area contributed by atoms with Crippen LogP contribution >= 0.6 is 23.1 Å². The predicted molar refractivity (Wildman–Crippen MR) is 127 cm³/mol. The summed E-state index contributed by atoms with van der Waals surface area (Å²) in [6.45, 7) is 3.99. The fourth-order valence-corrected chi connectivity index (χ4v) is 5.86. The first kappa shape index (κ1) is 22.7. The molecule has 0 fully saturated rings. The molecule has 1 aliphatic carbocycles. The van der Waals surface area contributed by atoms with E-state index in [0.29, 0.717) is 33.5 Å². The van der Waals surface area contributed by atoms with Crippen LogP contribution in [-0.4, -0.2) is 40.7 Å². The quantitative estimate of drug-likeness (QED) is 0.363. The molecule has 0 spiro atoms. The van der Waals surface area contributed by atoms with Gasteiger partial charge in [0, 0.05) is 10.4 Å². The van der Waals surface area contributed by atoms with Gasteiger partial charge in [0.1, 0.15) is 5.00 Å². The largest absolute Gasteiger partial charge is 0.462 e. The number of fused-ring (bicyclic) bond motifs is 2. The minimum atomic E-state index is -0.528. The Morgan fingerprint density at radius 2 is 2.03 bits per heavy atom. The Bertz CT molecular complexity index is 1240. The van der Waals surface area contributed by atoms with Gasteiger partial charge in [-0.25, -0.2) is 4.79 Å². The zero-order valence-electron chi connectivity index (χ0n) is 18.7. The molecule has 1 atom stereocenters. The highest BCUT2D eigenvalue weighted by Gasteiger charge is 2.29. The highest BCUT2D eigenvalue weighted by atomic mass is 32.2. The van der Waals surface area contributed by atoms with Gasteiger partial charge in [0.2, 0.25) is 18.6 Å². The summed E-state index contributed by atoms with van der Waals surface area (Å²) in [5.41, 5.74) is 2.20. The standard InChI is InChI=1S/C23H23N3O6S2/c1-3-29-22(28)18-14-6-4-5-7-17(14)34-21(18)24-19(27)12(2)33-23-26-25-20(32-23)13-8-9-15-16(10-13)31-11-30-15/h8-10,12H,3-7,11H2,1-2H3,(H,24,27)/t12-/m0/s1. The van der Waals surface area contributed by atoms with Crippen molar-refractivity contribution in [3.05, 3.63) is 34.2 Å². The number of rotatable bonds is 7. The van der Waals surface area contributed by atoms with Crippen LogP contribution < -0.4 is 14.8 Å². The fraction of sp³-hybridized carbons (Fsp3) is 0.391. The zero-order chi connectivity index (χ0) is 23.7. The number of esters is 1. The molecular formula is C23H23N3O6S2. The highest BCUT2D eigenvalue weighted by molar-refractivity contribution is 8.00. The molecule has 0 bridgehead atoms. The summed E-state index contributed by atoms with van der Waals surface area (Å²) < 4.78 is 21.7. The van der Waals surface area contributed by atoms with Gasteiger partial charge in [0.05, 0.1) is 17.4 Å². The third-order valence-corrected chi connectivity index (χ3v) is 7.70. The van der Waals surface area contributed by atoms with Crippen LogP contribution in [0.2, 0.25) is 0 Å². The van der Waals surface area contributed by atoms with Gasteiger partial charge in [-0.05, 0) is 63.3 Å². The number of ether oxygens (including phenoxy) is 3. The average Bonchev–Trinajstić information content (AvgIpc) is 3.56. The van der Waals surface area contributed by atoms with Gasteiger partial charge in [-0.3, -0.25) is 4.79 Å². The summed E-state index contributed by atoms with van der Waals surface area (Å²) in [7, 11) is 0. The first-order valence-electron chi connectivity index (χ1n) is 11.1. The van der Waals surface area contributed by atoms with Gasteiger partial charge in [-0.15, -0.1) is 21.5 Å². The monoisotopic (exact) mass is 501 g/mol. The third-order valence-electron chi connectivity index (χ3n) is 5.56. The first-order valence-corrected chi connectivity index (χ1v) is 12.8. The SMILES string of the molecule is CCOC(=O)c1c(NC(=O)[C@H](C)Sc2nnc(-c3ccc4c(c3)OCO4)o2)sc2c1CCCC2. The van der Waals surface area contributed by atoms with Crippen LogP contribution in [0.5, 0.6) is 11.5 Å². The molecule has 0 saturated heterocycles. The number of hydrogen-bond donors (Lipinski definition) is 1. The Morgan fingerprint density at radius 1 is 1.21 bits per heavy atom. The van der Waals surface area contributed by atoms with Crippen LogP contribution in [0.4, 0.5) is 5.00 Å². The van der Waals surface area contributed by atoms with Gasteiger partial charge in [0.15, 0.2) is 11.5 Å². The molecule has 11 heteroatoms. The number of aromatic nitrogens is 2. The van der Waals surface area contributed by atoms with Crippen molar-refractivity contribution in [2.24, 2.45) is 0 Å². The average molecular weight is 502 g/mol. The van der Waals surface area contributed by atoms with E-state index in [1.165, 1.54) is 11.3 Å². The number of aryl methyl sites for hydroxylation is 1. The van der Waals surface area contributed by atoms with E-state index in [-0.39, 0.29) is 30.5 Å². The summed E-state index contributed by atoms with van der Waals surface area (Å²) in [4.78, 5) is 26.7. The Labute approximate surface area is 204 Å². The highest BCUT2D eigenvalue weighted by Crippen LogP contribution is 2.39. The Hall–Kier alpha value is -3.05. The van der Waals surface area contributed by atoms with Crippen LogP contribution in [0.15, 0.2) is 27.8 Å². The molecule has 178 valence electrons. The Kier molecular flexibility index (Phi) is 6.46. The van der Waals surface area contributed by atoms with Crippen molar-refractivity contribution in [2.75, 3.05) is 18.7 Å². The molecule has 1 aromatic carbocycles. The van der Waals surface area contributed by atoms with Crippen molar-refractivity contribution in [2.45, 2.75) is 50.0 Å². The number of benzene rings is 1. The number of thioether (sulfide) groups is 1. The van der Waals surface area contributed by atoms with Crippen LogP contribution in [-0.2, 0) is 22.4 Å². The van der Waals surface area contributed by atoms with Gasteiger partial charge >= 0.3 is 5.97 Å². The predicted octanol–water partition coefficient (Wildman–Crippen LogP) is 4.70. The molecular weight excluding hydrogens is 478 g/mol. The van der Waals surface area contributed by atoms with Gasteiger partial charge < -0.3 is 23.9 Å². The minimum Gasteiger partial charge on any atom is -0.462 e. The Morgan fingerprint density at radius 3 is 2.88 bits per heavy atom. The van der Waals surface area contributed by atoms with Crippen molar-refractivity contribution in [3.63, 3.8) is 0 Å². The van der Waals surface area contributed by atoms with Gasteiger partial charge in [-0.2, -0.15) is 0 Å². The molecule has 34 heavy (non-hydrogen) atoms. The van der Waals surface area contributed by atoms with E-state index in [2.05, 4.69) is 15.5 Å². The maximum Gasteiger partial charge on any atom is 0.341 e. The summed E-state index contributed by atoms with van der Waals surface area (Å²) in [5, 5.41) is 11.4. The van der Waals surface area contributed by atoms with Crippen LogP contribution in [0.3, 0.4) is 0 Å². The van der Waals surface area contributed by atoms with Crippen molar-refractivity contribution >= 4 is 40.0 Å². The molecule has 0 unspecified atom stereocenters. The smallest absolute Gasteiger partial charge is 0.341 e. The molecule has 3 aromatic rings. The minimum absolute atomic E-state index is 0.182. The van der Waals surface area contributed by atoms with E-state index in [9.17, 15) is 9.59 Å². The second-order valence-electron chi connectivity index (χ2n) is 7.83. The summed E-state index contributed by atoms with van der Waals surface area (Å²) in [6, 6.07) is 5.36. The molecule has 0 radical (unpaired) electrons. The van der Waals surface area contributed by atoms with Crippen LogP contribution in [0.25, 0.3) is 11.5 Å². The molecule has 1 amide bonds.